The van der Waals surface area contributed by atoms with E-state index in [9.17, 15) is 18.0 Å². The third-order valence-electron chi connectivity index (χ3n) is 2.54. The van der Waals surface area contributed by atoms with Crippen molar-refractivity contribution in [3.8, 4) is 0 Å². The van der Waals surface area contributed by atoms with Crippen LogP contribution in [0, 0.1) is 0 Å². The quantitative estimate of drug-likeness (QED) is 0.904. The van der Waals surface area contributed by atoms with E-state index < -0.39 is 23.3 Å². The Morgan fingerprint density at radius 1 is 1.39 bits per heavy atom. The number of benzene rings is 1. The first-order valence-electron chi connectivity index (χ1n) is 5.43. The summed E-state index contributed by atoms with van der Waals surface area (Å²) < 4.78 is 38.3. The lowest BCUT2D eigenvalue weighted by Gasteiger charge is -2.20. The average Bonchev–Trinajstić information content (AvgIpc) is 2.27. The molecule has 0 unspecified atom stereocenters. The molecule has 6 heteroatoms. The number of hydrogen-bond acceptors (Lipinski definition) is 2. The lowest BCUT2D eigenvalue weighted by atomic mass is 10.1. The van der Waals surface area contributed by atoms with Crippen LogP contribution < -0.4 is 4.90 Å². The molecule has 0 fully saturated rings. The van der Waals surface area contributed by atoms with Crippen molar-refractivity contribution in [3.63, 3.8) is 0 Å². The second-order valence-electron chi connectivity index (χ2n) is 3.95. The third kappa shape index (κ3) is 3.15. The second kappa shape index (κ2) is 5.29. The molecule has 0 amide bonds. The van der Waals surface area contributed by atoms with Gasteiger partial charge in [0, 0.05) is 19.3 Å². The molecule has 18 heavy (non-hydrogen) atoms. The summed E-state index contributed by atoms with van der Waals surface area (Å²) in [6.07, 6.45) is -3.88. The molecule has 3 nitrogen and oxygen atoms in total. The zero-order valence-corrected chi connectivity index (χ0v) is 10.1. The van der Waals surface area contributed by atoms with Gasteiger partial charge in [0.15, 0.2) is 0 Å². The maximum Gasteiger partial charge on any atom is 0.417 e. The molecule has 0 radical (unpaired) electrons. The summed E-state index contributed by atoms with van der Waals surface area (Å²) in [7, 11) is 1.67. The van der Waals surface area contributed by atoms with Crippen LogP contribution in [0.2, 0.25) is 0 Å². The summed E-state index contributed by atoms with van der Waals surface area (Å²) in [5.74, 6) is -1.58. The van der Waals surface area contributed by atoms with E-state index in [-0.39, 0.29) is 0 Å². The van der Waals surface area contributed by atoms with Crippen molar-refractivity contribution >= 4 is 11.7 Å². The lowest BCUT2D eigenvalue weighted by Crippen LogP contribution is -2.20. The average molecular weight is 261 g/mol. The smallest absolute Gasteiger partial charge is 0.417 e. The summed E-state index contributed by atoms with van der Waals surface area (Å²) in [4.78, 5) is 12.4. The van der Waals surface area contributed by atoms with E-state index in [2.05, 4.69) is 0 Å². The van der Waals surface area contributed by atoms with Gasteiger partial charge in [0.25, 0.3) is 0 Å². The van der Waals surface area contributed by atoms with Crippen LogP contribution in [0.1, 0.15) is 29.3 Å². The normalized spacial score (nSPS) is 11.4. The standard InChI is InChI=1S/C12H14F3NO2/c1-3-6-16(2)8-4-5-9(11(17)18)10(7-8)12(13,14)15/h4-5,7H,3,6H2,1-2H3,(H,17,18). The van der Waals surface area contributed by atoms with Gasteiger partial charge >= 0.3 is 12.1 Å². The van der Waals surface area contributed by atoms with Crippen molar-refractivity contribution in [1.29, 1.82) is 0 Å². The molecule has 0 aliphatic rings. The van der Waals surface area contributed by atoms with E-state index >= 15 is 0 Å². The van der Waals surface area contributed by atoms with Gasteiger partial charge in [-0.25, -0.2) is 4.79 Å². The molecule has 0 spiro atoms. The molecular weight excluding hydrogens is 247 g/mol. The number of nitrogens with zero attached hydrogens (tertiary/aromatic N) is 1. The van der Waals surface area contributed by atoms with E-state index in [0.717, 1.165) is 18.6 Å². The predicted octanol–water partition coefficient (Wildman–Crippen LogP) is 3.25. The molecule has 0 aliphatic carbocycles. The van der Waals surface area contributed by atoms with Gasteiger partial charge in [-0.3, -0.25) is 0 Å². The van der Waals surface area contributed by atoms with E-state index in [4.69, 9.17) is 5.11 Å². The van der Waals surface area contributed by atoms with Gasteiger partial charge in [-0.2, -0.15) is 13.2 Å². The summed E-state index contributed by atoms with van der Waals surface area (Å²) >= 11 is 0. The van der Waals surface area contributed by atoms with Crippen LogP contribution >= 0.6 is 0 Å². The number of alkyl halides is 3. The molecule has 1 aromatic rings. The van der Waals surface area contributed by atoms with Crippen LogP contribution in [0.15, 0.2) is 18.2 Å². The summed E-state index contributed by atoms with van der Waals surface area (Å²) in [5.41, 5.74) is -1.49. The Kier molecular flexibility index (Phi) is 4.21. The Labute approximate surface area is 103 Å². The van der Waals surface area contributed by atoms with Gasteiger partial charge < -0.3 is 10.0 Å². The highest BCUT2D eigenvalue weighted by Crippen LogP contribution is 2.34. The third-order valence-corrected chi connectivity index (χ3v) is 2.54. The molecule has 1 N–H and O–H groups in total. The molecule has 0 aromatic heterocycles. The van der Waals surface area contributed by atoms with Crippen molar-refractivity contribution in [2.24, 2.45) is 0 Å². The zero-order chi connectivity index (χ0) is 13.9. The minimum atomic E-state index is -4.67. The molecule has 1 aromatic carbocycles. The van der Waals surface area contributed by atoms with Crippen molar-refractivity contribution in [3.05, 3.63) is 29.3 Å². The van der Waals surface area contributed by atoms with E-state index in [0.29, 0.717) is 12.2 Å². The van der Waals surface area contributed by atoms with Crippen LogP contribution in [-0.4, -0.2) is 24.7 Å². The SMILES string of the molecule is CCCN(C)c1ccc(C(=O)O)c(C(F)(F)F)c1. The van der Waals surface area contributed by atoms with Gasteiger partial charge in [0.05, 0.1) is 11.1 Å². The first-order valence-corrected chi connectivity index (χ1v) is 5.43. The van der Waals surface area contributed by atoms with E-state index in [1.807, 2.05) is 6.92 Å². The van der Waals surface area contributed by atoms with Crippen molar-refractivity contribution in [2.75, 3.05) is 18.5 Å². The van der Waals surface area contributed by atoms with Gasteiger partial charge in [-0.05, 0) is 24.6 Å². The molecule has 1 rings (SSSR count). The van der Waals surface area contributed by atoms with Gasteiger partial charge in [-0.1, -0.05) is 6.92 Å². The Bertz CT molecular complexity index is 443. The Morgan fingerprint density at radius 2 is 2.00 bits per heavy atom. The molecule has 100 valence electrons. The van der Waals surface area contributed by atoms with Crippen LogP contribution in [0.25, 0.3) is 0 Å². The molecule has 0 saturated heterocycles. The number of anilines is 1. The second-order valence-corrected chi connectivity index (χ2v) is 3.95. The Hall–Kier alpha value is -1.72. The van der Waals surface area contributed by atoms with E-state index in [1.165, 1.54) is 6.07 Å². The van der Waals surface area contributed by atoms with Crippen LogP contribution in [0.4, 0.5) is 18.9 Å². The number of carboxylic acids is 1. The molecule has 0 atom stereocenters. The highest BCUT2D eigenvalue weighted by Gasteiger charge is 2.35. The maximum absolute atomic E-state index is 12.8. The van der Waals surface area contributed by atoms with Crippen molar-refractivity contribution < 1.29 is 23.1 Å². The fourth-order valence-electron chi connectivity index (χ4n) is 1.66. The Balaban J connectivity index is 3.26. The van der Waals surface area contributed by atoms with Gasteiger partial charge in [0.1, 0.15) is 0 Å². The number of carboxylic acid groups (broad SMARTS) is 1. The fourth-order valence-corrected chi connectivity index (χ4v) is 1.66. The van der Waals surface area contributed by atoms with Crippen LogP contribution in [0.3, 0.4) is 0 Å². The minimum absolute atomic E-state index is 0.356. The van der Waals surface area contributed by atoms with Crippen molar-refractivity contribution in [1.82, 2.24) is 0 Å². The highest BCUT2D eigenvalue weighted by atomic mass is 19.4. The molecular formula is C12H14F3NO2. The predicted molar refractivity (Wildman–Crippen MR) is 62.0 cm³/mol. The largest absolute Gasteiger partial charge is 0.478 e. The number of halogens is 3. The van der Waals surface area contributed by atoms with Crippen LogP contribution in [0.5, 0.6) is 0 Å². The Morgan fingerprint density at radius 3 is 2.44 bits per heavy atom. The summed E-state index contributed by atoms with van der Waals surface area (Å²) in [6.45, 7) is 2.51. The van der Waals surface area contributed by atoms with Crippen LogP contribution in [-0.2, 0) is 6.18 Å². The summed E-state index contributed by atoms with van der Waals surface area (Å²) in [5, 5.41) is 8.75. The molecule has 0 heterocycles. The zero-order valence-electron chi connectivity index (χ0n) is 10.1. The maximum atomic E-state index is 12.8. The summed E-state index contributed by atoms with van der Waals surface area (Å²) in [6, 6.07) is 3.25. The molecule has 0 aliphatic heterocycles. The molecule has 0 saturated carbocycles. The first-order chi connectivity index (χ1) is 8.27. The molecule has 0 bridgehead atoms. The highest BCUT2D eigenvalue weighted by molar-refractivity contribution is 5.90. The first kappa shape index (κ1) is 14.3. The lowest BCUT2D eigenvalue weighted by molar-refractivity contribution is -0.138. The number of carbonyl (C=O) groups is 1. The van der Waals surface area contributed by atoms with Gasteiger partial charge in [0.2, 0.25) is 0 Å². The number of aromatic carboxylic acids is 1. The minimum Gasteiger partial charge on any atom is -0.478 e. The monoisotopic (exact) mass is 261 g/mol. The van der Waals surface area contributed by atoms with Gasteiger partial charge in [-0.15, -0.1) is 0 Å². The van der Waals surface area contributed by atoms with E-state index in [1.54, 1.807) is 11.9 Å². The van der Waals surface area contributed by atoms with Crippen molar-refractivity contribution in [2.45, 2.75) is 19.5 Å². The topological polar surface area (TPSA) is 40.5 Å². The number of hydrogen-bond donors (Lipinski definition) is 1. The fraction of sp³-hybridized carbons (Fsp3) is 0.417. The number of rotatable bonds is 4.